The monoisotopic (exact) mass is 580 g/mol. The molecule has 0 spiro atoms. The molecule has 1 aliphatic heterocycles. The fourth-order valence-corrected chi connectivity index (χ4v) is 4.51. The first kappa shape index (κ1) is 27.4. The number of rotatable bonds is 8. The number of amidine groups is 1. The van der Waals surface area contributed by atoms with Crippen LogP contribution in [-0.2, 0) is 9.59 Å². The van der Waals surface area contributed by atoms with Crippen LogP contribution in [0.5, 0.6) is 5.75 Å². The van der Waals surface area contributed by atoms with Gasteiger partial charge in [0.1, 0.15) is 17.7 Å². The number of aliphatic carboxylic acids is 1. The first-order chi connectivity index (χ1) is 17.1. The molecule has 10 nitrogen and oxygen atoms in total. The zero-order valence-corrected chi connectivity index (χ0v) is 21.5. The highest BCUT2D eigenvalue weighted by Crippen LogP contribution is 2.36. The number of anilines is 1. The lowest BCUT2D eigenvalue weighted by Gasteiger charge is -2.20. The maximum atomic E-state index is 12.6. The largest absolute Gasteiger partial charge is 0.506 e. The quantitative estimate of drug-likeness (QED) is 0.279. The Balaban J connectivity index is 1.63. The van der Waals surface area contributed by atoms with Gasteiger partial charge in [0.2, 0.25) is 5.91 Å². The second-order valence-corrected chi connectivity index (χ2v) is 9.53. The summed E-state index contributed by atoms with van der Waals surface area (Å²) in [6, 6.07) is 8.34. The van der Waals surface area contributed by atoms with Gasteiger partial charge in [-0.3, -0.25) is 19.4 Å². The number of benzene rings is 2. The number of carbonyl (C=O) groups excluding carboxylic acids is 2. The fraction of sp³-hybridized carbons (Fsp3) is 0.333. The van der Waals surface area contributed by atoms with Gasteiger partial charge in [-0.25, -0.2) is 0 Å². The molecule has 1 heterocycles. The third-order valence-electron chi connectivity index (χ3n) is 5.44. The van der Waals surface area contributed by atoms with E-state index in [1.54, 1.807) is 24.3 Å². The first-order valence-electron chi connectivity index (χ1n) is 11.2. The summed E-state index contributed by atoms with van der Waals surface area (Å²) < 4.78 is 0.495. The molecule has 0 saturated heterocycles. The molecule has 12 heteroatoms. The standard InChI is InChI=1S/C24H26BrClN4O6/c25-14-9-16(22(35)17(26)10-14)18(11-21(33)34)30-20(32)12-28-24(36)13-4-3-5-15(8-13)29-23-19(31)6-1-2-7-27-23/h3-5,8-10,18-19,31,35H,1-2,6-7,11-12H2,(H,27,29)(H,28,36)(H,30,32)(H,33,34)/t18-,19?/m0/s1. The van der Waals surface area contributed by atoms with Crippen LogP contribution in [0.15, 0.2) is 45.9 Å². The van der Waals surface area contributed by atoms with E-state index in [-0.39, 0.29) is 21.9 Å². The maximum absolute atomic E-state index is 12.6. The van der Waals surface area contributed by atoms with E-state index in [2.05, 4.69) is 36.9 Å². The molecule has 2 atom stereocenters. The van der Waals surface area contributed by atoms with Crippen molar-refractivity contribution in [1.29, 1.82) is 0 Å². The van der Waals surface area contributed by atoms with Crippen molar-refractivity contribution in [3.8, 4) is 5.75 Å². The summed E-state index contributed by atoms with van der Waals surface area (Å²) in [6.45, 7) is 0.183. The van der Waals surface area contributed by atoms with Gasteiger partial charge in [-0.15, -0.1) is 0 Å². The predicted molar refractivity (Wildman–Crippen MR) is 139 cm³/mol. The third-order valence-corrected chi connectivity index (χ3v) is 6.18. The molecule has 36 heavy (non-hydrogen) atoms. The summed E-state index contributed by atoms with van der Waals surface area (Å²) in [4.78, 5) is 40.8. The minimum absolute atomic E-state index is 0.00635. The number of halogens is 2. The number of carboxylic acids is 1. The molecule has 0 fully saturated rings. The number of phenolic OH excluding ortho intramolecular Hbond substituents is 1. The van der Waals surface area contributed by atoms with Crippen molar-refractivity contribution < 1.29 is 29.7 Å². The van der Waals surface area contributed by atoms with Crippen LogP contribution in [0.4, 0.5) is 5.69 Å². The SMILES string of the molecule is O=C(O)C[C@H](NC(=O)CNC(=O)c1cccc(NC2=NCCCCC2O)c1)c1cc(Br)cc(Cl)c1O. The molecule has 0 radical (unpaired) electrons. The Bertz CT molecular complexity index is 1180. The second kappa shape index (κ2) is 12.7. The summed E-state index contributed by atoms with van der Waals surface area (Å²) in [6.07, 6.45) is 1.17. The summed E-state index contributed by atoms with van der Waals surface area (Å²) in [5.74, 6) is -2.28. The van der Waals surface area contributed by atoms with E-state index in [0.717, 1.165) is 12.8 Å². The number of aliphatic hydroxyl groups is 1. The molecule has 2 amide bonds. The minimum atomic E-state index is -1.20. The van der Waals surface area contributed by atoms with Crippen molar-refractivity contribution in [3.05, 3.63) is 57.0 Å². The predicted octanol–water partition coefficient (Wildman–Crippen LogP) is 3.23. The minimum Gasteiger partial charge on any atom is -0.506 e. The van der Waals surface area contributed by atoms with E-state index < -0.39 is 42.9 Å². The van der Waals surface area contributed by atoms with Gasteiger partial charge in [0.25, 0.3) is 5.91 Å². The highest BCUT2D eigenvalue weighted by molar-refractivity contribution is 9.10. The fourth-order valence-electron chi connectivity index (χ4n) is 3.67. The molecule has 1 aliphatic rings. The van der Waals surface area contributed by atoms with Gasteiger partial charge in [0.15, 0.2) is 0 Å². The molecule has 6 N–H and O–H groups in total. The van der Waals surface area contributed by atoms with E-state index in [4.69, 9.17) is 11.6 Å². The summed E-state index contributed by atoms with van der Waals surface area (Å²) in [5.41, 5.74) is 0.962. The Labute approximate surface area is 220 Å². The molecule has 192 valence electrons. The number of aliphatic hydroxyl groups excluding tert-OH is 1. The zero-order valence-electron chi connectivity index (χ0n) is 19.1. The molecular weight excluding hydrogens is 556 g/mol. The normalized spacial score (nSPS) is 16.3. The lowest BCUT2D eigenvalue weighted by Crippen LogP contribution is -2.39. The van der Waals surface area contributed by atoms with Crippen molar-refractivity contribution in [1.82, 2.24) is 10.6 Å². The van der Waals surface area contributed by atoms with Crippen LogP contribution in [0, 0.1) is 0 Å². The molecule has 3 rings (SSSR count). The average molecular weight is 582 g/mol. The van der Waals surface area contributed by atoms with Gasteiger partial charge in [-0.1, -0.05) is 33.6 Å². The van der Waals surface area contributed by atoms with Crippen LogP contribution < -0.4 is 16.0 Å². The van der Waals surface area contributed by atoms with Gasteiger partial charge in [0, 0.05) is 27.8 Å². The molecule has 0 bridgehead atoms. The van der Waals surface area contributed by atoms with Crippen molar-refractivity contribution in [2.75, 3.05) is 18.4 Å². The second-order valence-electron chi connectivity index (χ2n) is 8.21. The van der Waals surface area contributed by atoms with E-state index in [0.29, 0.717) is 29.0 Å². The topological polar surface area (TPSA) is 160 Å². The Hall–Kier alpha value is -3.15. The Kier molecular flexibility index (Phi) is 9.68. The van der Waals surface area contributed by atoms with Crippen LogP contribution in [0.25, 0.3) is 0 Å². The zero-order chi connectivity index (χ0) is 26.2. The number of hydrogen-bond acceptors (Lipinski definition) is 7. The summed E-state index contributed by atoms with van der Waals surface area (Å²) >= 11 is 9.20. The number of amides is 2. The molecular formula is C24H26BrClN4O6. The molecule has 2 aromatic carbocycles. The number of phenols is 1. The third kappa shape index (κ3) is 7.67. The summed E-state index contributed by atoms with van der Waals surface area (Å²) in [5, 5.41) is 37.8. The van der Waals surface area contributed by atoms with Gasteiger partial charge in [-0.05, 0) is 49.6 Å². The molecule has 0 saturated carbocycles. The highest BCUT2D eigenvalue weighted by atomic mass is 79.9. The van der Waals surface area contributed by atoms with Crippen molar-refractivity contribution in [2.24, 2.45) is 4.99 Å². The Morgan fingerprint density at radius 2 is 1.97 bits per heavy atom. The first-order valence-corrected chi connectivity index (χ1v) is 12.4. The number of carbonyl (C=O) groups is 3. The maximum Gasteiger partial charge on any atom is 0.305 e. The van der Waals surface area contributed by atoms with Crippen LogP contribution >= 0.6 is 27.5 Å². The lowest BCUT2D eigenvalue weighted by molar-refractivity contribution is -0.137. The van der Waals surface area contributed by atoms with Crippen LogP contribution in [0.3, 0.4) is 0 Å². The van der Waals surface area contributed by atoms with E-state index in [1.807, 2.05) is 0 Å². The van der Waals surface area contributed by atoms with Crippen LogP contribution in [0.2, 0.25) is 5.02 Å². The number of aliphatic imine (C=N–C) groups is 1. The number of aromatic hydroxyl groups is 1. The number of hydrogen-bond donors (Lipinski definition) is 6. The molecule has 0 aliphatic carbocycles. The van der Waals surface area contributed by atoms with Gasteiger partial charge in [-0.2, -0.15) is 0 Å². The van der Waals surface area contributed by atoms with Crippen LogP contribution in [0.1, 0.15) is 47.6 Å². The smallest absolute Gasteiger partial charge is 0.305 e. The number of carboxylic acid groups (broad SMARTS) is 1. The van der Waals surface area contributed by atoms with Crippen LogP contribution in [-0.4, -0.2) is 58.1 Å². The number of nitrogens with zero attached hydrogens (tertiary/aromatic N) is 1. The van der Waals surface area contributed by atoms with Crippen molar-refractivity contribution >= 4 is 56.8 Å². The van der Waals surface area contributed by atoms with Gasteiger partial charge >= 0.3 is 5.97 Å². The molecule has 2 aromatic rings. The van der Waals surface area contributed by atoms with Gasteiger partial charge in [0.05, 0.1) is 24.0 Å². The Morgan fingerprint density at radius 3 is 2.72 bits per heavy atom. The van der Waals surface area contributed by atoms with Crippen molar-refractivity contribution in [2.45, 2.75) is 37.8 Å². The highest BCUT2D eigenvalue weighted by Gasteiger charge is 2.23. The molecule has 1 unspecified atom stereocenters. The van der Waals surface area contributed by atoms with Crippen molar-refractivity contribution in [3.63, 3.8) is 0 Å². The Morgan fingerprint density at radius 1 is 1.19 bits per heavy atom. The lowest BCUT2D eigenvalue weighted by atomic mass is 10.0. The average Bonchev–Trinajstić information content (AvgIpc) is 3.03. The summed E-state index contributed by atoms with van der Waals surface area (Å²) in [7, 11) is 0. The van der Waals surface area contributed by atoms with Gasteiger partial charge < -0.3 is 31.3 Å². The number of nitrogens with one attached hydrogen (secondary N) is 3. The van der Waals surface area contributed by atoms with E-state index in [9.17, 15) is 29.7 Å². The molecule has 0 aromatic heterocycles. The van der Waals surface area contributed by atoms with E-state index in [1.165, 1.54) is 12.1 Å². The van der Waals surface area contributed by atoms with E-state index >= 15 is 0 Å².